The summed E-state index contributed by atoms with van der Waals surface area (Å²) < 4.78 is 16.8. The third-order valence-electron chi connectivity index (χ3n) is 12.2. The zero-order valence-electron chi connectivity index (χ0n) is 39.5. The van der Waals surface area contributed by atoms with Crippen molar-refractivity contribution in [1.82, 2.24) is 0 Å². The van der Waals surface area contributed by atoms with E-state index in [1.807, 2.05) is 0 Å². The Balaban J connectivity index is 4.29. The number of unbranched alkanes of at least 4 members (excludes halogenated alkanes) is 33. The fraction of sp³-hybridized carbons (Fsp3) is 0.942. The van der Waals surface area contributed by atoms with Crippen LogP contribution in [0, 0.1) is 5.92 Å². The van der Waals surface area contributed by atoms with E-state index in [9.17, 15) is 14.4 Å². The van der Waals surface area contributed by atoms with Crippen LogP contribution in [-0.4, -0.2) is 37.2 Å². The molecule has 0 N–H and O–H groups in total. The second-order valence-corrected chi connectivity index (χ2v) is 18.1. The molecular formula is C52H100O6. The van der Waals surface area contributed by atoms with E-state index in [1.165, 1.54) is 186 Å². The lowest BCUT2D eigenvalue weighted by Crippen LogP contribution is -2.30. The third-order valence-corrected chi connectivity index (χ3v) is 12.2. The van der Waals surface area contributed by atoms with Gasteiger partial charge in [0.15, 0.2) is 6.10 Å². The van der Waals surface area contributed by atoms with Crippen molar-refractivity contribution in [3.05, 3.63) is 0 Å². The Morgan fingerprint density at radius 3 is 0.897 bits per heavy atom. The molecule has 344 valence electrons. The smallest absolute Gasteiger partial charge is 0.306 e. The van der Waals surface area contributed by atoms with Crippen LogP contribution >= 0.6 is 0 Å². The van der Waals surface area contributed by atoms with Crippen LogP contribution in [0.3, 0.4) is 0 Å². The summed E-state index contributed by atoms with van der Waals surface area (Å²) in [7, 11) is 0. The molecule has 2 atom stereocenters. The van der Waals surface area contributed by atoms with Gasteiger partial charge >= 0.3 is 17.9 Å². The Labute approximate surface area is 361 Å². The molecule has 1 unspecified atom stereocenters. The maximum Gasteiger partial charge on any atom is 0.306 e. The first-order valence-corrected chi connectivity index (χ1v) is 25.9. The monoisotopic (exact) mass is 821 g/mol. The number of carbonyl (C=O) groups excluding carboxylic acids is 3. The molecule has 0 amide bonds. The maximum atomic E-state index is 12.8. The average Bonchev–Trinajstić information content (AvgIpc) is 3.22. The van der Waals surface area contributed by atoms with Crippen LogP contribution in [0.5, 0.6) is 0 Å². The van der Waals surface area contributed by atoms with Gasteiger partial charge in [0.2, 0.25) is 0 Å². The van der Waals surface area contributed by atoms with Crippen molar-refractivity contribution in [3.8, 4) is 0 Å². The fourth-order valence-corrected chi connectivity index (χ4v) is 7.83. The minimum Gasteiger partial charge on any atom is -0.462 e. The summed E-state index contributed by atoms with van der Waals surface area (Å²) in [6, 6.07) is 0. The van der Waals surface area contributed by atoms with E-state index in [2.05, 4.69) is 27.7 Å². The summed E-state index contributed by atoms with van der Waals surface area (Å²) in [6.45, 7) is 9.00. The summed E-state index contributed by atoms with van der Waals surface area (Å²) in [5.74, 6) is -0.0329. The van der Waals surface area contributed by atoms with E-state index in [0.29, 0.717) is 19.3 Å². The standard InChI is InChI=1S/C52H100O6/c1-5-8-10-12-14-16-18-20-22-23-25-26-28-30-35-39-43-50(53)56-46-49(47-57-51(54)44-40-36-33-32-34-38-42-48(4)7-3)58-52(55)45-41-37-31-29-27-24-21-19-17-15-13-11-9-6-2/h48-49H,5-47H2,1-4H3/t48?,49-/m0/s1. The van der Waals surface area contributed by atoms with Crippen LogP contribution in [-0.2, 0) is 28.6 Å². The molecule has 58 heavy (non-hydrogen) atoms. The number of carbonyl (C=O) groups is 3. The van der Waals surface area contributed by atoms with Crippen molar-refractivity contribution < 1.29 is 28.6 Å². The van der Waals surface area contributed by atoms with Gasteiger partial charge in [-0.2, -0.15) is 0 Å². The molecule has 0 aliphatic carbocycles. The van der Waals surface area contributed by atoms with Crippen LogP contribution in [0.4, 0.5) is 0 Å². The number of esters is 3. The molecule has 0 bridgehead atoms. The zero-order valence-corrected chi connectivity index (χ0v) is 39.5. The third kappa shape index (κ3) is 44.0. The van der Waals surface area contributed by atoms with Gasteiger partial charge in [0.1, 0.15) is 13.2 Å². The zero-order chi connectivity index (χ0) is 42.4. The lowest BCUT2D eigenvalue weighted by Gasteiger charge is -2.18. The van der Waals surface area contributed by atoms with Gasteiger partial charge in [0.25, 0.3) is 0 Å². The second-order valence-electron chi connectivity index (χ2n) is 18.1. The largest absolute Gasteiger partial charge is 0.462 e. The molecule has 0 aliphatic heterocycles. The molecule has 0 rings (SSSR count). The first kappa shape index (κ1) is 56.4. The van der Waals surface area contributed by atoms with Gasteiger partial charge in [-0.05, 0) is 25.2 Å². The molecule has 0 saturated carbocycles. The molecular weight excluding hydrogens is 721 g/mol. The predicted octanol–water partition coefficient (Wildman–Crippen LogP) is 16.7. The van der Waals surface area contributed by atoms with E-state index < -0.39 is 6.10 Å². The lowest BCUT2D eigenvalue weighted by atomic mass is 10.00. The van der Waals surface area contributed by atoms with Gasteiger partial charge in [0.05, 0.1) is 0 Å². The minimum atomic E-state index is -0.761. The highest BCUT2D eigenvalue weighted by Gasteiger charge is 2.19. The number of hydrogen-bond acceptors (Lipinski definition) is 6. The summed E-state index contributed by atoms with van der Waals surface area (Å²) in [5, 5.41) is 0. The normalized spacial score (nSPS) is 12.4. The molecule has 0 radical (unpaired) electrons. The Hall–Kier alpha value is -1.59. The highest BCUT2D eigenvalue weighted by Crippen LogP contribution is 2.17. The van der Waals surface area contributed by atoms with E-state index >= 15 is 0 Å². The molecule has 0 aromatic carbocycles. The topological polar surface area (TPSA) is 78.9 Å². The van der Waals surface area contributed by atoms with Crippen molar-refractivity contribution in [2.45, 2.75) is 297 Å². The predicted molar refractivity (Wildman–Crippen MR) is 247 cm³/mol. The van der Waals surface area contributed by atoms with Crippen molar-refractivity contribution in [1.29, 1.82) is 0 Å². The van der Waals surface area contributed by atoms with Crippen LogP contribution in [0.1, 0.15) is 291 Å². The SMILES string of the molecule is CCCCCCCCCCCCCCCCCCC(=O)OC[C@@H](COC(=O)CCCCCCCCC(C)CC)OC(=O)CCCCCCCCCCCCCCCC. The van der Waals surface area contributed by atoms with Crippen molar-refractivity contribution in [3.63, 3.8) is 0 Å². The van der Waals surface area contributed by atoms with Gasteiger partial charge in [-0.1, -0.05) is 252 Å². The van der Waals surface area contributed by atoms with Gasteiger partial charge in [-0.15, -0.1) is 0 Å². The molecule has 0 aromatic heterocycles. The molecule has 0 fully saturated rings. The molecule has 0 spiro atoms. The first-order chi connectivity index (χ1) is 28.4. The van der Waals surface area contributed by atoms with Crippen molar-refractivity contribution in [2.75, 3.05) is 13.2 Å². The summed E-state index contributed by atoms with van der Waals surface area (Å²) in [6.07, 6.45) is 48.0. The van der Waals surface area contributed by atoms with Gasteiger partial charge in [0, 0.05) is 19.3 Å². The molecule has 6 nitrogen and oxygen atoms in total. The quantitative estimate of drug-likeness (QED) is 0.0346. The number of hydrogen-bond donors (Lipinski definition) is 0. The summed E-state index contributed by atoms with van der Waals surface area (Å²) in [5.41, 5.74) is 0. The van der Waals surface area contributed by atoms with E-state index in [4.69, 9.17) is 14.2 Å². The van der Waals surface area contributed by atoms with Crippen LogP contribution < -0.4 is 0 Å². The van der Waals surface area contributed by atoms with E-state index in [1.54, 1.807) is 0 Å². The summed E-state index contributed by atoms with van der Waals surface area (Å²) >= 11 is 0. The molecule has 0 aromatic rings. The minimum absolute atomic E-state index is 0.0634. The highest BCUT2D eigenvalue weighted by atomic mass is 16.6. The van der Waals surface area contributed by atoms with Crippen LogP contribution in [0.2, 0.25) is 0 Å². The lowest BCUT2D eigenvalue weighted by molar-refractivity contribution is -0.167. The average molecular weight is 821 g/mol. The van der Waals surface area contributed by atoms with Gasteiger partial charge in [-0.3, -0.25) is 14.4 Å². The van der Waals surface area contributed by atoms with Crippen LogP contribution in [0.15, 0.2) is 0 Å². The van der Waals surface area contributed by atoms with Crippen LogP contribution in [0.25, 0.3) is 0 Å². The Morgan fingerprint density at radius 2 is 0.603 bits per heavy atom. The molecule has 0 heterocycles. The summed E-state index contributed by atoms with van der Waals surface area (Å²) in [4.78, 5) is 37.9. The Morgan fingerprint density at radius 1 is 0.345 bits per heavy atom. The van der Waals surface area contributed by atoms with E-state index in [-0.39, 0.29) is 31.1 Å². The van der Waals surface area contributed by atoms with Gasteiger partial charge in [-0.25, -0.2) is 0 Å². The second kappa shape index (κ2) is 46.5. The Kier molecular flexibility index (Phi) is 45.2. The van der Waals surface area contributed by atoms with Crippen molar-refractivity contribution in [2.24, 2.45) is 5.92 Å². The Bertz CT molecular complexity index is 874. The molecule has 0 saturated heterocycles. The first-order valence-electron chi connectivity index (χ1n) is 25.9. The molecule has 0 aliphatic rings. The van der Waals surface area contributed by atoms with E-state index in [0.717, 1.165) is 63.7 Å². The van der Waals surface area contributed by atoms with Gasteiger partial charge < -0.3 is 14.2 Å². The molecule has 6 heteroatoms. The highest BCUT2D eigenvalue weighted by molar-refractivity contribution is 5.71. The number of ether oxygens (including phenoxy) is 3. The number of rotatable bonds is 47. The van der Waals surface area contributed by atoms with Crippen molar-refractivity contribution >= 4 is 17.9 Å². The fourth-order valence-electron chi connectivity index (χ4n) is 7.83. The maximum absolute atomic E-state index is 12.8.